The Labute approximate surface area is 125 Å². The quantitative estimate of drug-likeness (QED) is 0.602. The SMILES string of the molecule is COc1cc(C2CC(=O)OC2=O)ccc1C1CC(=O)OC1=O. The maximum Gasteiger partial charge on any atom is 0.321 e. The van der Waals surface area contributed by atoms with Crippen LogP contribution in [0.3, 0.4) is 0 Å². The van der Waals surface area contributed by atoms with Crippen LogP contribution in [-0.4, -0.2) is 31.0 Å². The lowest BCUT2D eigenvalue weighted by molar-refractivity contribution is -0.154. The average Bonchev–Trinajstić information content (AvgIpc) is 2.99. The van der Waals surface area contributed by atoms with Crippen molar-refractivity contribution in [3.8, 4) is 5.75 Å². The van der Waals surface area contributed by atoms with E-state index in [-0.39, 0.29) is 12.8 Å². The highest BCUT2D eigenvalue weighted by Crippen LogP contribution is 2.37. The first-order valence-electron chi connectivity index (χ1n) is 6.66. The Hall–Kier alpha value is -2.70. The predicted molar refractivity (Wildman–Crippen MR) is 69.9 cm³/mol. The zero-order valence-corrected chi connectivity index (χ0v) is 11.7. The second-order valence-electron chi connectivity index (χ2n) is 5.10. The summed E-state index contributed by atoms with van der Waals surface area (Å²) >= 11 is 0. The minimum atomic E-state index is -0.714. The zero-order chi connectivity index (χ0) is 15.9. The van der Waals surface area contributed by atoms with Gasteiger partial charge in [-0.3, -0.25) is 19.2 Å². The fraction of sp³-hybridized carbons (Fsp3) is 0.333. The molecular weight excluding hydrogens is 292 g/mol. The van der Waals surface area contributed by atoms with E-state index in [1.165, 1.54) is 7.11 Å². The Morgan fingerprint density at radius 1 is 0.955 bits per heavy atom. The second-order valence-corrected chi connectivity index (χ2v) is 5.10. The molecule has 0 aromatic heterocycles. The van der Waals surface area contributed by atoms with Gasteiger partial charge in [0.25, 0.3) is 0 Å². The summed E-state index contributed by atoms with van der Waals surface area (Å²) in [6, 6.07) is 4.81. The maximum atomic E-state index is 11.7. The molecule has 1 aromatic carbocycles. The van der Waals surface area contributed by atoms with Gasteiger partial charge in [-0.1, -0.05) is 12.1 Å². The molecule has 2 fully saturated rings. The molecular formula is C15H12O7. The van der Waals surface area contributed by atoms with E-state index < -0.39 is 35.7 Å². The van der Waals surface area contributed by atoms with Crippen LogP contribution in [0.4, 0.5) is 0 Å². The standard InChI is InChI=1S/C15H12O7/c1-20-11-4-7(9-5-12(16)21-14(9)18)2-3-8(11)10-6-13(17)22-15(10)19/h2-4,9-10H,5-6H2,1H3. The van der Waals surface area contributed by atoms with Crippen LogP contribution in [0.5, 0.6) is 5.75 Å². The van der Waals surface area contributed by atoms with Crippen LogP contribution in [0, 0.1) is 0 Å². The van der Waals surface area contributed by atoms with Gasteiger partial charge in [0.05, 0.1) is 31.8 Å². The summed E-state index contributed by atoms with van der Waals surface area (Å²) in [5.41, 5.74) is 1.08. The third kappa shape index (κ3) is 2.34. The van der Waals surface area contributed by atoms with Gasteiger partial charge < -0.3 is 14.2 Å². The number of carbonyl (C=O) groups is 4. The van der Waals surface area contributed by atoms with Crippen molar-refractivity contribution in [3.05, 3.63) is 29.3 Å². The van der Waals surface area contributed by atoms with E-state index >= 15 is 0 Å². The summed E-state index contributed by atoms with van der Waals surface area (Å²) < 4.78 is 14.3. The minimum Gasteiger partial charge on any atom is -0.496 e. The largest absolute Gasteiger partial charge is 0.496 e. The monoisotopic (exact) mass is 304 g/mol. The fourth-order valence-electron chi connectivity index (χ4n) is 2.67. The van der Waals surface area contributed by atoms with Gasteiger partial charge in [0.1, 0.15) is 5.75 Å². The number of hydrogen-bond donors (Lipinski definition) is 0. The third-order valence-electron chi connectivity index (χ3n) is 3.77. The summed E-state index contributed by atoms with van der Waals surface area (Å²) in [4.78, 5) is 45.7. The molecule has 0 amide bonds. The molecule has 1 aromatic rings. The number of esters is 4. The summed E-state index contributed by atoms with van der Waals surface area (Å²) in [6.45, 7) is 0. The van der Waals surface area contributed by atoms with E-state index in [4.69, 9.17) is 4.74 Å². The highest BCUT2D eigenvalue weighted by Gasteiger charge is 2.38. The smallest absolute Gasteiger partial charge is 0.321 e. The molecule has 2 heterocycles. The Bertz CT molecular complexity index is 691. The Kier molecular flexibility index (Phi) is 3.40. The molecule has 0 aliphatic carbocycles. The number of cyclic esters (lactones) is 4. The Morgan fingerprint density at radius 2 is 1.55 bits per heavy atom. The number of benzene rings is 1. The van der Waals surface area contributed by atoms with Crippen molar-refractivity contribution in [2.75, 3.05) is 7.11 Å². The van der Waals surface area contributed by atoms with Crippen molar-refractivity contribution in [2.24, 2.45) is 0 Å². The van der Waals surface area contributed by atoms with Gasteiger partial charge in [-0.15, -0.1) is 0 Å². The van der Waals surface area contributed by atoms with Gasteiger partial charge in [0.15, 0.2) is 0 Å². The molecule has 2 aliphatic heterocycles. The van der Waals surface area contributed by atoms with Crippen LogP contribution in [0.1, 0.15) is 35.8 Å². The molecule has 7 heteroatoms. The summed E-state index contributed by atoms with van der Waals surface area (Å²) in [7, 11) is 1.42. The van der Waals surface area contributed by atoms with Gasteiger partial charge in [-0.25, -0.2) is 0 Å². The van der Waals surface area contributed by atoms with Crippen molar-refractivity contribution in [1.82, 2.24) is 0 Å². The molecule has 2 atom stereocenters. The first-order chi connectivity index (χ1) is 10.5. The Morgan fingerprint density at radius 3 is 2.05 bits per heavy atom. The van der Waals surface area contributed by atoms with Crippen molar-refractivity contribution >= 4 is 23.9 Å². The number of rotatable bonds is 3. The lowest BCUT2D eigenvalue weighted by atomic mass is 9.91. The number of hydrogen-bond acceptors (Lipinski definition) is 7. The number of carbonyl (C=O) groups excluding carboxylic acids is 4. The zero-order valence-electron chi connectivity index (χ0n) is 11.7. The van der Waals surface area contributed by atoms with Gasteiger partial charge in [0, 0.05) is 5.56 Å². The van der Waals surface area contributed by atoms with E-state index in [1.54, 1.807) is 18.2 Å². The topological polar surface area (TPSA) is 96.0 Å². The first kappa shape index (κ1) is 14.2. The summed E-state index contributed by atoms with van der Waals surface area (Å²) in [6.07, 6.45) is -0.0657. The molecule has 2 saturated heterocycles. The summed E-state index contributed by atoms with van der Waals surface area (Å²) in [5.74, 6) is -3.39. The van der Waals surface area contributed by atoms with Gasteiger partial charge in [-0.2, -0.15) is 0 Å². The third-order valence-corrected chi connectivity index (χ3v) is 3.77. The van der Waals surface area contributed by atoms with E-state index in [0.29, 0.717) is 16.9 Å². The van der Waals surface area contributed by atoms with Gasteiger partial charge in [0.2, 0.25) is 0 Å². The van der Waals surface area contributed by atoms with Crippen LogP contribution in [0.2, 0.25) is 0 Å². The minimum absolute atomic E-state index is 0.0225. The van der Waals surface area contributed by atoms with Gasteiger partial charge in [-0.05, 0) is 11.6 Å². The molecule has 7 nitrogen and oxygen atoms in total. The molecule has 2 unspecified atom stereocenters. The van der Waals surface area contributed by atoms with E-state index in [1.807, 2.05) is 0 Å². The van der Waals surface area contributed by atoms with Crippen LogP contribution in [0.15, 0.2) is 18.2 Å². The molecule has 0 N–H and O–H groups in total. The highest BCUT2D eigenvalue weighted by molar-refractivity contribution is 5.99. The molecule has 0 spiro atoms. The number of methoxy groups -OCH3 is 1. The predicted octanol–water partition coefficient (Wildman–Crippen LogP) is 0.809. The first-order valence-corrected chi connectivity index (χ1v) is 6.66. The molecule has 22 heavy (non-hydrogen) atoms. The number of ether oxygens (including phenoxy) is 3. The van der Waals surface area contributed by atoms with Crippen molar-refractivity contribution in [1.29, 1.82) is 0 Å². The fourth-order valence-corrected chi connectivity index (χ4v) is 2.67. The molecule has 0 saturated carbocycles. The van der Waals surface area contributed by atoms with Crippen molar-refractivity contribution in [2.45, 2.75) is 24.7 Å². The lowest BCUT2D eigenvalue weighted by Gasteiger charge is -2.14. The van der Waals surface area contributed by atoms with Crippen molar-refractivity contribution < 1.29 is 33.4 Å². The molecule has 3 rings (SSSR count). The lowest BCUT2D eigenvalue weighted by Crippen LogP contribution is -2.10. The molecule has 0 radical (unpaired) electrons. The normalized spacial score (nSPS) is 24.4. The van der Waals surface area contributed by atoms with E-state index in [9.17, 15) is 19.2 Å². The van der Waals surface area contributed by atoms with Crippen LogP contribution in [-0.2, 0) is 28.7 Å². The van der Waals surface area contributed by atoms with E-state index in [2.05, 4.69) is 9.47 Å². The Balaban J connectivity index is 1.94. The average molecular weight is 304 g/mol. The molecule has 0 bridgehead atoms. The molecule has 2 aliphatic rings. The van der Waals surface area contributed by atoms with Crippen LogP contribution >= 0.6 is 0 Å². The maximum absolute atomic E-state index is 11.7. The second kappa shape index (κ2) is 5.25. The van der Waals surface area contributed by atoms with Crippen LogP contribution in [0.25, 0.3) is 0 Å². The highest BCUT2D eigenvalue weighted by atomic mass is 16.6. The van der Waals surface area contributed by atoms with Crippen LogP contribution < -0.4 is 4.74 Å². The van der Waals surface area contributed by atoms with E-state index in [0.717, 1.165) is 0 Å². The van der Waals surface area contributed by atoms with Crippen molar-refractivity contribution in [3.63, 3.8) is 0 Å². The molecule has 114 valence electrons. The van der Waals surface area contributed by atoms with Gasteiger partial charge >= 0.3 is 23.9 Å². The summed E-state index contributed by atoms with van der Waals surface area (Å²) in [5, 5.41) is 0.